The van der Waals surface area contributed by atoms with Crippen molar-refractivity contribution in [2.75, 3.05) is 18.0 Å². The molecule has 1 fully saturated rings. The van der Waals surface area contributed by atoms with Crippen molar-refractivity contribution >= 4 is 22.8 Å². The van der Waals surface area contributed by atoms with Crippen molar-refractivity contribution in [3.8, 4) is 17.5 Å². The highest BCUT2D eigenvalue weighted by atomic mass is 19.4. The highest BCUT2D eigenvalue weighted by Crippen LogP contribution is 2.34. The van der Waals surface area contributed by atoms with Crippen molar-refractivity contribution in [3.05, 3.63) is 42.2 Å². The fourth-order valence-electron chi connectivity index (χ4n) is 3.33. The van der Waals surface area contributed by atoms with Crippen LogP contribution in [-0.2, 0) is 11.3 Å². The largest absolute Gasteiger partial charge is 0.573 e. The number of carbonyl (C=O) groups excluding carboxylic acids is 1. The molecule has 0 radical (unpaired) electrons. The maximum Gasteiger partial charge on any atom is 0.573 e. The van der Waals surface area contributed by atoms with Crippen molar-refractivity contribution in [1.82, 2.24) is 14.8 Å². The summed E-state index contributed by atoms with van der Waals surface area (Å²) in [6, 6.07) is 9.08. The van der Waals surface area contributed by atoms with Gasteiger partial charge in [0, 0.05) is 19.3 Å². The number of rotatable bonds is 5. The first-order valence-electron chi connectivity index (χ1n) is 9.05. The molecule has 2 aromatic heterocycles. The first-order valence-corrected chi connectivity index (χ1v) is 9.05. The van der Waals surface area contributed by atoms with Crippen LogP contribution in [0.25, 0.3) is 16.7 Å². The lowest BCUT2D eigenvalue weighted by Gasteiger charge is -2.37. The molecular formula is C19H15F3N6O3. The van der Waals surface area contributed by atoms with E-state index in [1.165, 1.54) is 16.8 Å². The molecule has 31 heavy (non-hydrogen) atoms. The lowest BCUT2D eigenvalue weighted by Crippen LogP contribution is -2.46. The fraction of sp³-hybridized carbons (Fsp3) is 0.263. The van der Waals surface area contributed by atoms with Gasteiger partial charge < -0.3 is 20.1 Å². The Hall–Kier alpha value is -4.01. The van der Waals surface area contributed by atoms with E-state index in [0.717, 1.165) is 17.8 Å². The van der Waals surface area contributed by atoms with Gasteiger partial charge in [-0.2, -0.15) is 10.4 Å². The smallest absolute Gasteiger partial charge is 0.443 e. The molecule has 1 aromatic carbocycles. The number of carbonyl (C=O) groups is 1. The predicted octanol–water partition coefficient (Wildman–Crippen LogP) is 2.87. The van der Waals surface area contributed by atoms with Gasteiger partial charge in [-0.25, -0.2) is 14.5 Å². The van der Waals surface area contributed by atoms with Crippen LogP contribution in [-0.4, -0.2) is 40.3 Å². The van der Waals surface area contributed by atoms with E-state index < -0.39 is 12.5 Å². The van der Waals surface area contributed by atoms with Gasteiger partial charge >= 0.3 is 12.5 Å². The van der Waals surface area contributed by atoms with E-state index in [4.69, 9.17) is 15.7 Å². The van der Waals surface area contributed by atoms with Crippen LogP contribution < -0.4 is 15.4 Å². The molecule has 3 heterocycles. The zero-order valence-corrected chi connectivity index (χ0v) is 15.8. The second-order valence-electron chi connectivity index (χ2n) is 6.77. The Morgan fingerprint density at radius 2 is 1.97 bits per heavy atom. The summed E-state index contributed by atoms with van der Waals surface area (Å²) < 4.78 is 47.5. The number of nitriles is 1. The number of anilines is 1. The van der Waals surface area contributed by atoms with Crippen molar-refractivity contribution in [1.29, 1.82) is 5.26 Å². The average molecular weight is 432 g/mol. The second kappa shape index (κ2) is 7.67. The van der Waals surface area contributed by atoms with Gasteiger partial charge in [-0.3, -0.25) is 0 Å². The molecule has 0 spiro atoms. The maximum atomic E-state index is 12.4. The van der Waals surface area contributed by atoms with Gasteiger partial charge in [0.2, 0.25) is 0 Å². The van der Waals surface area contributed by atoms with Gasteiger partial charge in [-0.05, 0) is 30.3 Å². The van der Waals surface area contributed by atoms with Gasteiger partial charge in [0.1, 0.15) is 18.1 Å². The Morgan fingerprint density at radius 3 is 2.58 bits per heavy atom. The topological polar surface area (TPSA) is 119 Å². The van der Waals surface area contributed by atoms with Crippen molar-refractivity contribution in [2.24, 2.45) is 11.7 Å². The minimum absolute atomic E-state index is 0.0928. The van der Waals surface area contributed by atoms with Gasteiger partial charge in [0.25, 0.3) is 0 Å². The first-order chi connectivity index (χ1) is 14.7. The SMILES string of the molecule is N#CC1CN(c2ccnc3c2c(COC(N)=O)nn3-c2ccc(OC(F)(F)F)cc2)C1. The maximum absolute atomic E-state index is 12.4. The summed E-state index contributed by atoms with van der Waals surface area (Å²) in [5.74, 6) is -0.466. The minimum atomic E-state index is -4.80. The summed E-state index contributed by atoms with van der Waals surface area (Å²) in [6.07, 6.45) is -4.21. The number of aromatic nitrogens is 3. The quantitative estimate of drug-likeness (QED) is 0.658. The van der Waals surface area contributed by atoms with E-state index in [1.807, 2.05) is 4.90 Å². The number of amides is 1. The van der Waals surface area contributed by atoms with Crippen LogP contribution in [0, 0.1) is 17.2 Å². The van der Waals surface area contributed by atoms with Crippen molar-refractivity contribution in [3.63, 3.8) is 0 Å². The van der Waals surface area contributed by atoms with Gasteiger partial charge in [-0.1, -0.05) is 0 Å². The van der Waals surface area contributed by atoms with E-state index >= 15 is 0 Å². The number of nitrogens with two attached hydrogens (primary N) is 1. The Bertz CT molecular complexity index is 1160. The molecule has 160 valence electrons. The molecule has 0 unspecified atom stereocenters. The van der Waals surface area contributed by atoms with Crippen LogP contribution in [0.3, 0.4) is 0 Å². The van der Waals surface area contributed by atoms with Gasteiger partial charge in [0.15, 0.2) is 5.65 Å². The lowest BCUT2D eigenvalue weighted by molar-refractivity contribution is -0.274. The van der Waals surface area contributed by atoms with Crippen LogP contribution in [0.15, 0.2) is 36.5 Å². The summed E-state index contributed by atoms with van der Waals surface area (Å²) in [5, 5.41) is 14.1. The average Bonchev–Trinajstić information content (AvgIpc) is 3.04. The van der Waals surface area contributed by atoms with Crippen molar-refractivity contribution < 1.29 is 27.4 Å². The molecule has 0 bridgehead atoms. The normalized spacial score (nSPS) is 14.2. The molecule has 1 saturated heterocycles. The van der Waals surface area contributed by atoms with E-state index in [2.05, 4.69) is 20.9 Å². The molecule has 0 atom stereocenters. The number of fused-ring (bicyclic) bond motifs is 1. The number of hydrogen-bond donors (Lipinski definition) is 1. The number of hydrogen-bond acceptors (Lipinski definition) is 7. The molecule has 0 saturated carbocycles. The fourth-order valence-corrected chi connectivity index (χ4v) is 3.33. The van der Waals surface area contributed by atoms with Crippen molar-refractivity contribution in [2.45, 2.75) is 13.0 Å². The summed E-state index contributed by atoms with van der Waals surface area (Å²) in [7, 11) is 0. The number of halogens is 3. The molecule has 0 aliphatic carbocycles. The van der Waals surface area contributed by atoms with Gasteiger partial charge in [0.05, 0.1) is 28.7 Å². The van der Waals surface area contributed by atoms with Crippen LogP contribution in [0.4, 0.5) is 23.7 Å². The molecule has 1 amide bonds. The van der Waals surface area contributed by atoms with Crippen LogP contribution in [0.5, 0.6) is 5.75 Å². The molecule has 9 nitrogen and oxygen atoms in total. The van der Waals surface area contributed by atoms with E-state index in [9.17, 15) is 18.0 Å². The molecule has 2 N–H and O–H groups in total. The Morgan fingerprint density at radius 1 is 1.26 bits per heavy atom. The van der Waals surface area contributed by atoms with E-state index in [-0.39, 0.29) is 18.3 Å². The van der Waals surface area contributed by atoms with Crippen LogP contribution in [0.2, 0.25) is 0 Å². The Kier molecular flexibility index (Phi) is 5.02. The number of nitrogens with zero attached hydrogens (tertiary/aromatic N) is 5. The zero-order valence-electron chi connectivity index (χ0n) is 15.8. The molecular weight excluding hydrogens is 417 g/mol. The summed E-state index contributed by atoms with van der Waals surface area (Å²) in [4.78, 5) is 17.4. The molecule has 3 aromatic rings. The minimum Gasteiger partial charge on any atom is -0.443 e. The highest BCUT2D eigenvalue weighted by molar-refractivity contribution is 5.93. The highest BCUT2D eigenvalue weighted by Gasteiger charge is 2.32. The Labute approximate surface area is 173 Å². The number of alkyl halides is 3. The third kappa shape index (κ3) is 4.16. The first kappa shape index (κ1) is 20.3. The molecule has 1 aliphatic heterocycles. The summed E-state index contributed by atoms with van der Waals surface area (Å²) in [5.41, 5.74) is 7.03. The van der Waals surface area contributed by atoms with Crippen LogP contribution >= 0.6 is 0 Å². The number of ether oxygens (including phenoxy) is 2. The molecule has 12 heteroatoms. The summed E-state index contributed by atoms with van der Waals surface area (Å²) in [6.45, 7) is 0.836. The number of benzene rings is 1. The van der Waals surface area contributed by atoms with E-state index in [0.29, 0.717) is 35.5 Å². The zero-order chi connectivity index (χ0) is 22.2. The third-order valence-corrected chi connectivity index (χ3v) is 4.69. The van der Waals surface area contributed by atoms with E-state index in [1.54, 1.807) is 12.3 Å². The summed E-state index contributed by atoms with van der Waals surface area (Å²) >= 11 is 0. The standard InChI is InChI=1S/C19H15F3N6O3/c20-19(21,22)31-13-3-1-12(2-4-13)28-17-16(14(26-28)10-30-18(24)29)15(5-6-25-17)27-8-11(7-23)9-27/h1-6,11H,8-10H2,(H2,24,29). The van der Waals surface area contributed by atoms with Gasteiger partial charge in [-0.15, -0.1) is 13.2 Å². The van der Waals surface area contributed by atoms with Crippen LogP contribution in [0.1, 0.15) is 5.69 Å². The lowest BCUT2D eigenvalue weighted by atomic mass is 10.0. The third-order valence-electron chi connectivity index (χ3n) is 4.69. The number of pyridine rings is 1. The predicted molar refractivity (Wildman–Crippen MR) is 101 cm³/mol. The second-order valence-corrected chi connectivity index (χ2v) is 6.77. The monoisotopic (exact) mass is 432 g/mol. The Balaban J connectivity index is 1.75. The molecule has 1 aliphatic rings. The number of primary amides is 1. The molecule has 4 rings (SSSR count).